The number of rotatable bonds is 8. The van der Waals surface area contributed by atoms with Crippen LogP contribution in [0.2, 0.25) is 0 Å². The highest BCUT2D eigenvalue weighted by Crippen LogP contribution is 2.27. The highest BCUT2D eigenvalue weighted by Gasteiger charge is 2.18. The number of hydrogen-bond acceptors (Lipinski definition) is 9. The first-order chi connectivity index (χ1) is 14.5. The highest BCUT2D eigenvalue weighted by molar-refractivity contribution is 7.99. The monoisotopic (exact) mass is 432 g/mol. The lowest BCUT2D eigenvalue weighted by molar-refractivity contribution is 0.0457. The van der Waals surface area contributed by atoms with Gasteiger partial charge in [-0.05, 0) is 41.9 Å². The lowest BCUT2D eigenvalue weighted by Crippen LogP contribution is -2.12. The molecule has 0 saturated carbocycles. The number of hydrogen-bond donors (Lipinski definition) is 2. The van der Waals surface area contributed by atoms with Gasteiger partial charge in [0.25, 0.3) is 5.76 Å². The second kappa shape index (κ2) is 9.92. The fraction of sp³-hybridized carbons (Fsp3) is 0.211. The average molecular weight is 432 g/mol. The predicted molar refractivity (Wildman–Crippen MR) is 109 cm³/mol. The standard InChI is InChI=1S/C19H18F2N6O2S/c1-2-11-6-3-4-8-13(11)24-19-26-14(25-18(22)27-19)10-29-16(28)12-7-5-9-23-15(12)30-17(20)21/h3-9,17H,2,10H2,1H3,(H3,22,24,25,26,27). The van der Waals surface area contributed by atoms with Crippen LogP contribution in [0.1, 0.15) is 28.7 Å². The summed E-state index contributed by atoms with van der Waals surface area (Å²) in [6.45, 7) is 1.70. The van der Waals surface area contributed by atoms with Crippen molar-refractivity contribution in [1.29, 1.82) is 0 Å². The van der Waals surface area contributed by atoms with E-state index in [1.54, 1.807) is 0 Å². The lowest BCUT2D eigenvalue weighted by Gasteiger charge is -2.11. The number of anilines is 3. The zero-order valence-electron chi connectivity index (χ0n) is 15.9. The van der Waals surface area contributed by atoms with Gasteiger partial charge in [0, 0.05) is 11.9 Å². The number of esters is 1. The minimum absolute atomic E-state index is 0.0529. The maximum Gasteiger partial charge on any atom is 0.341 e. The van der Waals surface area contributed by atoms with Gasteiger partial charge in [0.05, 0.1) is 5.56 Å². The summed E-state index contributed by atoms with van der Waals surface area (Å²) in [5.74, 6) is -3.28. The number of nitrogens with zero attached hydrogens (tertiary/aromatic N) is 4. The smallest absolute Gasteiger partial charge is 0.341 e. The van der Waals surface area contributed by atoms with Gasteiger partial charge >= 0.3 is 5.97 Å². The summed E-state index contributed by atoms with van der Waals surface area (Å²) in [7, 11) is 0. The van der Waals surface area contributed by atoms with Crippen LogP contribution in [-0.4, -0.2) is 31.7 Å². The fourth-order valence-electron chi connectivity index (χ4n) is 2.56. The Morgan fingerprint density at radius 3 is 2.77 bits per heavy atom. The van der Waals surface area contributed by atoms with E-state index in [1.807, 2.05) is 31.2 Å². The topological polar surface area (TPSA) is 116 Å². The summed E-state index contributed by atoms with van der Waals surface area (Å²) in [5.41, 5.74) is 7.55. The lowest BCUT2D eigenvalue weighted by atomic mass is 10.1. The number of pyridine rings is 1. The Balaban J connectivity index is 1.73. The molecule has 1 aromatic carbocycles. The van der Waals surface area contributed by atoms with E-state index < -0.39 is 11.7 Å². The fourth-order valence-corrected chi connectivity index (χ4v) is 3.13. The Hall–Kier alpha value is -3.34. The van der Waals surface area contributed by atoms with Crippen molar-refractivity contribution in [3.05, 3.63) is 59.5 Å². The number of para-hydroxylation sites is 1. The van der Waals surface area contributed by atoms with Crippen molar-refractivity contribution >= 4 is 35.3 Å². The molecular weight excluding hydrogens is 414 g/mol. The van der Waals surface area contributed by atoms with Crippen LogP contribution >= 0.6 is 11.8 Å². The number of carbonyl (C=O) groups excluding carboxylic acids is 1. The molecule has 11 heteroatoms. The number of benzene rings is 1. The average Bonchev–Trinajstić information content (AvgIpc) is 2.72. The number of aromatic nitrogens is 4. The maximum atomic E-state index is 12.7. The molecule has 0 saturated heterocycles. The number of nitrogens with two attached hydrogens (primary N) is 1. The van der Waals surface area contributed by atoms with Gasteiger partial charge in [-0.3, -0.25) is 0 Å². The van der Waals surface area contributed by atoms with Crippen LogP contribution in [0.3, 0.4) is 0 Å². The van der Waals surface area contributed by atoms with Crippen LogP contribution < -0.4 is 11.1 Å². The molecule has 0 aliphatic heterocycles. The van der Waals surface area contributed by atoms with Gasteiger partial charge in [0.15, 0.2) is 12.4 Å². The van der Waals surface area contributed by atoms with E-state index in [-0.39, 0.29) is 46.7 Å². The van der Waals surface area contributed by atoms with Crippen LogP contribution in [0.5, 0.6) is 0 Å². The van der Waals surface area contributed by atoms with Crippen LogP contribution in [0.4, 0.5) is 26.4 Å². The van der Waals surface area contributed by atoms with Crippen molar-refractivity contribution in [1.82, 2.24) is 19.9 Å². The largest absolute Gasteiger partial charge is 0.454 e. The predicted octanol–water partition coefficient (Wildman–Crippen LogP) is 3.83. The third kappa shape index (κ3) is 5.60. The molecule has 156 valence electrons. The van der Waals surface area contributed by atoms with E-state index in [0.717, 1.165) is 17.7 Å². The van der Waals surface area contributed by atoms with E-state index in [0.29, 0.717) is 0 Å². The number of ether oxygens (including phenoxy) is 1. The molecule has 0 atom stereocenters. The van der Waals surface area contributed by atoms with E-state index >= 15 is 0 Å². The molecule has 3 rings (SSSR count). The molecule has 3 aromatic rings. The number of nitrogens with one attached hydrogen (secondary N) is 1. The normalized spacial score (nSPS) is 10.8. The number of alkyl halides is 2. The first kappa shape index (κ1) is 21.4. The first-order valence-corrected chi connectivity index (χ1v) is 9.76. The molecule has 2 aromatic heterocycles. The molecule has 0 aliphatic carbocycles. The summed E-state index contributed by atoms with van der Waals surface area (Å²) in [4.78, 5) is 28.3. The van der Waals surface area contributed by atoms with E-state index in [2.05, 4.69) is 25.3 Å². The van der Waals surface area contributed by atoms with Crippen molar-refractivity contribution in [2.45, 2.75) is 30.7 Å². The summed E-state index contributed by atoms with van der Waals surface area (Å²) in [6, 6.07) is 10.5. The molecule has 2 heterocycles. The van der Waals surface area contributed by atoms with Gasteiger partial charge < -0.3 is 15.8 Å². The molecular formula is C19H18F2N6O2S. The SMILES string of the molecule is CCc1ccccc1Nc1nc(N)nc(COC(=O)c2cccnc2SC(F)F)n1. The van der Waals surface area contributed by atoms with Crippen LogP contribution in [-0.2, 0) is 17.8 Å². The van der Waals surface area contributed by atoms with Crippen LogP contribution in [0.15, 0.2) is 47.6 Å². The van der Waals surface area contributed by atoms with Crippen molar-refractivity contribution in [3.63, 3.8) is 0 Å². The Bertz CT molecular complexity index is 1040. The Morgan fingerprint density at radius 2 is 2.00 bits per heavy atom. The Labute approximate surface area is 175 Å². The van der Waals surface area contributed by atoms with Crippen molar-refractivity contribution in [2.24, 2.45) is 0 Å². The summed E-state index contributed by atoms with van der Waals surface area (Å²) in [6.07, 6.45) is 2.12. The minimum Gasteiger partial charge on any atom is -0.454 e. The second-order valence-electron chi connectivity index (χ2n) is 5.88. The first-order valence-electron chi connectivity index (χ1n) is 8.88. The zero-order valence-corrected chi connectivity index (χ0v) is 16.7. The summed E-state index contributed by atoms with van der Waals surface area (Å²) in [5, 5.41) is 2.96. The molecule has 0 radical (unpaired) electrons. The van der Waals surface area contributed by atoms with Crippen LogP contribution in [0.25, 0.3) is 0 Å². The molecule has 0 aliphatic rings. The zero-order chi connectivity index (χ0) is 21.5. The Morgan fingerprint density at radius 1 is 1.20 bits per heavy atom. The van der Waals surface area contributed by atoms with Gasteiger partial charge in [0.1, 0.15) is 5.03 Å². The van der Waals surface area contributed by atoms with Gasteiger partial charge in [-0.15, -0.1) is 0 Å². The summed E-state index contributed by atoms with van der Waals surface area (Å²) < 4.78 is 30.5. The molecule has 30 heavy (non-hydrogen) atoms. The Kier molecular flexibility index (Phi) is 7.07. The van der Waals surface area contributed by atoms with Gasteiger partial charge in [0.2, 0.25) is 11.9 Å². The number of thioether (sulfide) groups is 1. The van der Waals surface area contributed by atoms with E-state index in [4.69, 9.17) is 10.5 Å². The molecule has 0 bridgehead atoms. The molecule has 0 spiro atoms. The molecule has 8 nitrogen and oxygen atoms in total. The quantitative estimate of drug-likeness (QED) is 0.405. The van der Waals surface area contributed by atoms with E-state index in [9.17, 15) is 13.6 Å². The molecule has 0 fully saturated rings. The molecule has 0 amide bonds. The number of nitrogen functional groups attached to an aromatic ring is 1. The number of aryl methyl sites for hydroxylation is 1. The second-order valence-corrected chi connectivity index (χ2v) is 6.86. The number of halogens is 2. The minimum atomic E-state index is -2.71. The third-order valence-electron chi connectivity index (χ3n) is 3.87. The third-order valence-corrected chi connectivity index (χ3v) is 4.59. The van der Waals surface area contributed by atoms with Crippen molar-refractivity contribution in [2.75, 3.05) is 11.1 Å². The van der Waals surface area contributed by atoms with Gasteiger partial charge in [-0.25, -0.2) is 9.78 Å². The maximum absolute atomic E-state index is 12.7. The van der Waals surface area contributed by atoms with Crippen molar-refractivity contribution in [3.8, 4) is 0 Å². The van der Waals surface area contributed by atoms with Gasteiger partial charge in [-0.1, -0.05) is 25.1 Å². The summed E-state index contributed by atoms with van der Waals surface area (Å²) >= 11 is 0.168. The van der Waals surface area contributed by atoms with E-state index in [1.165, 1.54) is 18.3 Å². The molecule has 0 unspecified atom stereocenters. The number of carbonyl (C=O) groups is 1. The van der Waals surface area contributed by atoms with Crippen LogP contribution in [0, 0.1) is 0 Å². The van der Waals surface area contributed by atoms with Crippen molar-refractivity contribution < 1.29 is 18.3 Å². The van der Waals surface area contributed by atoms with Gasteiger partial charge in [-0.2, -0.15) is 23.7 Å². The highest BCUT2D eigenvalue weighted by atomic mass is 32.2. The molecule has 3 N–H and O–H groups in total.